The predicted octanol–water partition coefficient (Wildman–Crippen LogP) is 4.97. The highest BCUT2D eigenvalue weighted by Crippen LogP contribution is 2.45. The number of hydrogen-bond acceptors (Lipinski definition) is 8. The Balaban J connectivity index is 1.87. The van der Waals surface area contributed by atoms with Crippen LogP contribution in [-0.2, 0) is 14.3 Å². The maximum Gasteiger partial charge on any atom is 0.350 e. The van der Waals surface area contributed by atoms with Crippen LogP contribution in [0.2, 0.25) is 5.02 Å². The summed E-state index contributed by atoms with van der Waals surface area (Å²) in [5.41, 5.74) is 0.703. The number of hydrogen-bond donors (Lipinski definition) is 1. The van der Waals surface area contributed by atoms with Crippen LogP contribution in [0.25, 0.3) is 5.76 Å². The van der Waals surface area contributed by atoms with Crippen LogP contribution in [0, 0.1) is 6.92 Å². The van der Waals surface area contributed by atoms with E-state index in [1.165, 1.54) is 16.2 Å². The van der Waals surface area contributed by atoms with Crippen LogP contribution < -0.4 is 4.90 Å². The molecule has 3 aromatic rings. The third-order valence-corrected chi connectivity index (χ3v) is 7.14. The molecule has 1 aliphatic rings. The SMILES string of the molecule is CCOC(=O)c1sc(N2C(=O)C(=O)/C(=C(/O)c3ccc(Cl)cc3)C2c2cccs2)nc1C. The number of halogens is 1. The smallest absolute Gasteiger partial charge is 0.350 e. The lowest BCUT2D eigenvalue weighted by Crippen LogP contribution is -2.29. The number of aromatic nitrogens is 1. The minimum atomic E-state index is -0.883. The van der Waals surface area contributed by atoms with Gasteiger partial charge in [-0.1, -0.05) is 29.0 Å². The number of thiophene rings is 1. The molecule has 0 aliphatic carbocycles. The normalized spacial score (nSPS) is 17.7. The van der Waals surface area contributed by atoms with Crippen molar-refractivity contribution in [2.24, 2.45) is 0 Å². The summed E-state index contributed by atoms with van der Waals surface area (Å²) < 4.78 is 5.06. The molecular weight excluding hydrogens is 472 g/mol. The number of nitrogens with zero attached hydrogens (tertiary/aromatic N) is 2. The molecule has 0 radical (unpaired) electrons. The summed E-state index contributed by atoms with van der Waals surface area (Å²) >= 11 is 8.25. The quantitative estimate of drug-likeness (QED) is 0.236. The monoisotopic (exact) mass is 488 g/mol. The summed E-state index contributed by atoms with van der Waals surface area (Å²) in [6.07, 6.45) is 0. The summed E-state index contributed by atoms with van der Waals surface area (Å²) in [7, 11) is 0. The molecule has 1 amide bonds. The molecule has 1 fully saturated rings. The second kappa shape index (κ2) is 8.85. The molecule has 1 aromatic carbocycles. The molecule has 0 saturated carbocycles. The number of aliphatic hydroxyl groups excluding tert-OH is 1. The van der Waals surface area contributed by atoms with Gasteiger partial charge in [0, 0.05) is 15.5 Å². The first-order chi connectivity index (χ1) is 15.3. The fourth-order valence-corrected chi connectivity index (χ4v) is 5.32. The molecular formula is C22H17ClN2O5S2. The second-order valence-corrected chi connectivity index (χ2v) is 9.22. The van der Waals surface area contributed by atoms with E-state index >= 15 is 0 Å². The number of anilines is 1. The molecule has 1 unspecified atom stereocenters. The van der Waals surface area contributed by atoms with Crippen LogP contribution in [-0.4, -0.2) is 34.4 Å². The van der Waals surface area contributed by atoms with Gasteiger partial charge in [-0.2, -0.15) is 0 Å². The molecule has 1 aliphatic heterocycles. The van der Waals surface area contributed by atoms with Gasteiger partial charge in [0.2, 0.25) is 0 Å². The number of carbonyl (C=O) groups excluding carboxylic acids is 3. The number of ketones is 1. The fourth-order valence-electron chi connectivity index (χ4n) is 3.38. The molecule has 0 spiro atoms. The van der Waals surface area contributed by atoms with Gasteiger partial charge in [-0.25, -0.2) is 9.78 Å². The van der Waals surface area contributed by atoms with E-state index in [4.69, 9.17) is 16.3 Å². The van der Waals surface area contributed by atoms with Crippen LogP contribution in [0.3, 0.4) is 0 Å². The van der Waals surface area contributed by atoms with Crippen LogP contribution in [0.15, 0.2) is 47.4 Å². The van der Waals surface area contributed by atoms with E-state index in [1.54, 1.807) is 50.2 Å². The molecule has 10 heteroatoms. The average Bonchev–Trinajstić information content (AvgIpc) is 3.48. The first kappa shape index (κ1) is 22.2. The fraction of sp³-hybridized carbons (Fsp3) is 0.182. The largest absolute Gasteiger partial charge is 0.507 e. The Kier molecular flexibility index (Phi) is 6.14. The summed E-state index contributed by atoms with van der Waals surface area (Å²) in [5.74, 6) is -2.51. The highest BCUT2D eigenvalue weighted by molar-refractivity contribution is 7.18. The first-order valence-corrected chi connectivity index (χ1v) is 11.7. The number of aryl methyl sites for hydroxylation is 1. The van der Waals surface area contributed by atoms with E-state index in [0.717, 1.165) is 11.3 Å². The van der Waals surface area contributed by atoms with Gasteiger partial charge in [0.05, 0.1) is 17.9 Å². The zero-order valence-electron chi connectivity index (χ0n) is 17.0. The predicted molar refractivity (Wildman–Crippen MR) is 123 cm³/mol. The maximum atomic E-state index is 13.1. The molecule has 2 aromatic heterocycles. The third kappa shape index (κ3) is 3.83. The summed E-state index contributed by atoms with van der Waals surface area (Å²) in [6.45, 7) is 3.53. The van der Waals surface area contributed by atoms with Crippen molar-refractivity contribution < 1.29 is 24.2 Å². The molecule has 164 valence electrons. The molecule has 32 heavy (non-hydrogen) atoms. The number of Topliss-reactive ketones (excluding diaryl/α,β-unsaturated/α-hetero) is 1. The Hall–Kier alpha value is -3.01. The lowest BCUT2D eigenvalue weighted by molar-refractivity contribution is -0.132. The minimum Gasteiger partial charge on any atom is -0.507 e. The van der Waals surface area contributed by atoms with Gasteiger partial charge in [0.1, 0.15) is 16.7 Å². The van der Waals surface area contributed by atoms with Crippen molar-refractivity contribution in [2.45, 2.75) is 19.9 Å². The second-order valence-electron chi connectivity index (χ2n) is 6.82. The molecule has 4 rings (SSSR count). The van der Waals surface area contributed by atoms with Crippen molar-refractivity contribution in [3.63, 3.8) is 0 Å². The van der Waals surface area contributed by atoms with E-state index in [2.05, 4.69) is 4.98 Å². The standard InChI is InChI=1S/C22H17ClN2O5S2/c1-3-30-21(29)19-11(2)24-22(32-19)25-16(14-5-4-10-31-14)15(18(27)20(25)28)17(26)12-6-8-13(23)9-7-12/h4-10,16,26H,3H2,1-2H3/b17-15+. The van der Waals surface area contributed by atoms with Crippen molar-refractivity contribution in [1.82, 2.24) is 4.98 Å². The topological polar surface area (TPSA) is 96.8 Å². The lowest BCUT2D eigenvalue weighted by Gasteiger charge is -2.21. The molecule has 7 nitrogen and oxygen atoms in total. The van der Waals surface area contributed by atoms with Crippen LogP contribution >= 0.6 is 34.3 Å². The number of aliphatic hydroxyl groups is 1. The number of rotatable bonds is 5. The van der Waals surface area contributed by atoms with Gasteiger partial charge in [-0.15, -0.1) is 11.3 Å². The number of benzene rings is 1. The van der Waals surface area contributed by atoms with Gasteiger partial charge in [0.25, 0.3) is 5.78 Å². The third-order valence-electron chi connectivity index (χ3n) is 4.83. The zero-order chi connectivity index (χ0) is 23.0. The van der Waals surface area contributed by atoms with Crippen molar-refractivity contribution in [3.05, 3.63) is 73.4 Å². The highest BCUT2D eigenvalue weighted by Gasteiger charge is 2.48. The Labute approximate surface area is 196 Å². The number of carbonyl (C=O) groups is 3. The van der Waals surface area contributed by atoms with Crippen LogP contribution in [0.4, 0.5) is 5.13 Å². The van der Waals surface area contributed by atoms with E-state index in [0.29, 0.717) is 21.2 Å². The number of ether oxygens (including phenoxy) is 1. The maximum absolute atomic E-state index is 13.1. The molecule has 1 saturated heterocycles. The Morgan fingerprint density at radius 3 is 2.59 bits per heavy atom. The highest BCUT2D eigenvalue weighted by atomic mass is 35.5. The Morgan fingerprint density at radius 2 is 1.97 bits per heavy atom. The van der Waals surface area contributed by atoms with E-state index in [1.807, 2.05) is 5.38 Å². The number of thiazole rings is 1. The van der Waals surface area contributed by atoms with Gasteiger partial charge in [-0.05, 0) is 49.6 Å². The summed E-state index contributed by atoms with van der Waals surface area (Å²) in [5, 5.41) is 13.5. The van der Waals surface area contributed by atoms with E-state index in [9.17, 15) is 19.5 Å². The lowest BCUT2D eigenvalue weighted by atomic mass is 10.00. The molecule has 1 N–H and O–H groups in total. The van der Waals surface area contributed by atoms with Gasteiger partial charge < -0.3 is 9.84 Å². The summed E-state index contributed by atoms with van der Waals surface area (Å²) in [4.78, 5) is 44.9. The van der Waals surface area contributed by atoms with Crippen molar-refractivity contribution >= 4 is 62.8 Å². The minimum absolute atomic E-state index is 0.0506. The molecule has 0 bridgehead atoms. The van der Waals surface area contributed by atoms with Crippen molar-refractivity contribution in [2.75, 3.05) is 11.5 Å². The van der Waals surface area contributed by atoms with E-state index in [-0.39, 0.29) is 27.9 Å². The number of amides is 1. The molecule has 3 heterocycles. The zero-order valence-corrected chi connectivity index (χ0v) is 19.4. The average molecular weight is 489 g/mol. The van der Waals surface area contributed by atoms with Crippen molar-refractivity contribution in [1.29, 1.82) is 0 Å². The Bertz CT molecular complexity index is 1230. The van der Waals surface area contributed by atoms with Crippen LogP contribution in [0.1, 0.15) is 38.8 Å². The van der Waals surface area contributed by atoms with E-state index < -0.39 is 23.7 Å². The first-order valence-electron chi connectivity index (χ1n) is 9.58. The summed E-state index contributed by atoms with van der Waals surface area (Å²) in [6, 6.07) is 9.00. The van der Waals surface area contributed by atoms with Gasteiger partial charge >= 0.3 is 11.9 Å². The Morgan fingerprint density at radius 1 is 1.25 bits per heavy atom. The van der Waals surface area contributed by atoms with Crippen molar-refractivity contribution in [3.8, 4) is 0 Å². The van der Waals surface area contributed by atoms with Gasteiger partial charge in [-0.3, -0.25) is 14.5 Å². The molecule has 1 atom stereocenters. The number of esters is 1. The van der Waals surface area contributed by atoms with Crippen LogP contribution in [0.5, 0.6) is 0 Å². The van der Waals surface area contributed by atoms with Gasteiger partial charge in [0.15, 0.2) is 5.13 Å².